The summed E-state index contributed by atoms with van der Waals surface area (Å²) in [6, 6.07) is 0.242. The summed E-state index contributed by atoms with van der Waals surface area (Å²) in [5.74, 6) is -1.38. The van der Waals surface area contributed by atoms with Crippen molar-refractivity contribution in [3.8, 4) is 0 Å². The smallest absolute Gasteiger partial charge is 0.417 e. The van der Waals surface area contributed by atoms with Gasteiger partial charge in [-0.2, -0.15) is 13.2 Å². The van der Waals surface area contributed by atoms with Crippen LogP contribution in [0.25, 0.3) is 0 Å². The summed E-state index contributed by atoms with van der Waals surface area (Å²) in [6.07, 6.45) is -8.62. The Labute approximate surface area is 109 Å². The predicted molar refractivity (Wildman–Crippen MR) is 55.2 cm³/mol. The van der Waals surface area contributed by atoms with Crippen molar-refractivity contribution >= 4 is 17.6 Å². The lowest BCUT2D eigenvalue weighted by Gasteiger charge is -2.15. The molecular formula is C10H7ClF5NO2. The van der Waals surface area contributed by atoms with Crippen LogP contribution in [0.5, 0.6) is 0 Å². The van der Waals surface area contributed by atoms with E-state index in [0.717, 1.165) is 0 Å². The molecule has 0 aliphatic rings. The molecule has 0 spiro atoms. The first-order valence-corrected chi connectivity index (χ1v) is 5.29. The second-order valence-corrected chi connectivity index (χ2v) is 3.66. The van der Waals surface area contributed by atoms with Crippen molar-refractivity contribution in [1.29, 1.82) is 0 Å². The molecule has 1 rings (SSSR count). The van der Waals surface area contributed by atoms with Crippen molar-refractivity contribution in [2.45, 2.75) is 19.5 Å². The zero-order chi connectivity index (χ0) is 14.8. The topological polar surface area (TPSA) is 39.2 Å². The molecule has 0 saturated carbocycles. The molecule has 0 saturated heterocycles. The van der Waals surface area contributed by atoms with Crippen molar-refractivity contribution in [3.63, 3.8) is 0 Å². The van der Waals surface area contributed by atoms with E-state index in [0.29, 0.717) is 0 Å². The molecule has 0 aliphatic heterocycles. The minimum atomic E-state index is -5.08. The minimum Gasteiger partial charge on any atom is -0.461 e. The van der Waals surface area contributed by atoms with Crippen molar-refractivity contribution in [2.24, 2.45) is 0 Å². The lowest BCUT2D eigenvalue weighted by Crippen LogP contribution is -2.18. The molecule has 0 radical (unpaired) electrons. The summed E-state index contributed by atoms with van der Waals surface area (Å²) in [4.78, 5) is 14.6. The Morgan fingerprint density at radius 1 is 1.47 bits per heavy atom. The number of nitrogens with zero attached hydrogens (tertiary/aromatic N) is 1. The van der Waals surface area contributed by atoms with Crippen LogP contribution in [-0.2, 0) is 10.9 Å². The SMILES string of the molecule is CCOC(=O)c1nc(Cl)cc(C(F)(F)F)c1C(F)F. The molecule has 106 valence electrons. The van der Waals surface area contributed by atoms with Crippen molar-refractivity contribution in [1.82, 2.24) is 4.98 Å². The fraction of sp³-hybridized carbons (Fsp3) is 0.400. The number of carbonyl (C=O) groups excluding carboxylic acids is 1. The third-order valence-electron chi connectivity index (χ3n) is 2.02. The number of ether oxygens (including phenoxy) is 1. The van der Waals surface area contributed by atoms with E-state index < -0.39 is 40.5 Å². The maximum absolute atomic E-state index is 12.8. The van der Waals surface area contributed by atoms with Crippen LogP contribution in [-0.4, -0.2) is 17.6 Å². The first-order chi connectivity index (χ1) is 8.68. The van der Waals surface area contributed by atoms with Gasteiger partial charge in [-0.15, -0.1) is 0 Å². The van der Waals surface area contributed by atoms with Gasteiger partial charge in [0.1, 0.15) is 5.15 Å². The van der Waals surface area contributed by atoms with E-state index >= 15 is 0 Å². The highest BCUT2D eigenvalue weighted by Gasteiger charge is 2.39. The van der Waals surface area contributed by atoms with Crippen LogP contribution in [0.15, 0.2) is 6.07 Å². The molecular weight excluding hydrogens is 297 g/mol. The van der Waals surface area contributed by atoms with Gasteiger partial charge in [-0.3, -0.25) is 0 Å². The van der Waals surface area contributed by atoms with Crippen LogP contribution in [0.2, 0.25) is 5.15 Å². The van der Waals surface area contributed by atoms with Crippen molar-refractivity contribution in [3.05, 3.63) is 28.0 Å². The number of rotatable bonds is 3. The quantitative estimate of drug-likeness (QED) is 0.483. The van der Waals surface area contributed by atoms with E-state index in [1.165, 1.54) is 6.92 Å². The molecule has 0 aromatic carbocycles. The first kappa shape index (κ1) is 15.6. The van der Waals surface area contributed by atoms with E-state index in [4.69, 9.17) is 11.6 Å². The van der Waals surface area contributed by atoms with E-state index in [1.807, 2.05) is 0 Å². The number of hydrogen-bond acceptors (Lipinski definition) is 3. The van der Waals surface area contributed by atoms with Gasteiger partial charge in [0.25, 0.3) is 6.43 Å². The zero-order valence-corrected chi connectivity index (χ0v) is 10.1. The average Bonchev–Trinajstić information content (AvgIpc) is 2.26. The second kappa shape index (κ2) is 5.68. The fourth-order valence-electron chi connectivity index (χ4n) is 1.33. The molecule has 9 heteroatoms. The molecule has 3 nitrogen and oxygen atoms in total. The Balaban J connectivity index is 3.54. The first-order valence-electron chi connectivity index (χ1n) is 4.91. The highest BCUT2D eigenvalue weighted by molar-refractivity contribution is 6.29. The summed E-state index contributed by atoms with van der Waals surface area (Å²) >= 11 is 5.31. The predicted octanol–water partition coefficient (Wildman–Crippen LogP) is 3.87. The van der Waals surface area contributed by atoms with Crippen LogP contribution in [0.1, 0.15) is 35.0 Å². The standard InChI is InChI=1S/C10H7ClF5NO2/c1-2-19-9(18)7-6(8(12)13)4(10(14,15)16)3-5(11)17-7/h3,8H,2H2,1H3. The molecule has 0 unspecified atom stereocenters. The number of alkyl halides is 5. The summed E-state index contributed by atoms with van der Waals surface area (Å²) in [6.45, 7) is 1.17. The van der Waals surface area contributed by atoms with Crippen LogP contribution in [0.3, 0.4) is 0 Å². The lowest BCUT2D eigenvalue weighted by molar-refractivity contribution is -0.139. The van der Waals surface area contributed by atoms with Crippen molar-refractivity contribution < 1.29 is 31.5 Å². The third-order valence-corrected chi connectivity index (χ3v) is 2.21. The van der Waals surface area contributed by atoms with E-state index in [9.17, 15) is 26.7 Å². The van der Waals surface area contributed by atoms with Crippen LogP contribution >= 0.6 is 11.6 Å². The zero-order valence-electron chi connectivity index (χ0n) is 9.39. The molecule has 0 fully saturated rings. The monoisotopic (exact) mass is 303 g/mol. The van der Waals surface area contributed by atoms with Crippen molar-refractivity contribution in [2.75, 3.05) is 6.61 Å². The number of halogens is 6. The van der Waals surface area contributed by atoms with Gasteiger partial charge in [0.2, 0.25) is 0 Å². The summed E-state index contributed by atoms with van der Waals surface area (Å²) < 4.78 is 67.8. The van der Waals surface area contributed by atoms with E-state index in [1.54, 1.807) is 0 Å². The van der Waals surface area contributed by atoms with Gasteiger partial charge >= 0.3 is 12.1 Å². The Morgan fingerprint density at radius 3 is 2.47 bits per heavy atom. The number of carbonyl (C=O) groups is 1. The van der Waals surface area contributed by atoms with Crippen LogP contribution in [0.4, 0.5) is 22.0 Å². The molecule has 0 atom stereocenters. The third kappa shape index (κ3) is 3.52. The van der Waals surface area contributed by atoms with Gasteiger partial charge in [0.05, 0.1) is 17.7 Å². The number of hydrogen-bond donors (Lipinski definition) is 0. The van der Waals surface area contributed by atoms with Crippen LogP contribution < -0.4 is 0 Å². The van der Waals surface area contributed by atoms with Gasteiger partial charge in [-0.1, -0.05) is 11.6 Å². The van der Waals surface area contributed by atoms with Crippen LogP contribution in [0, 0.1) is 0 Å². The van der Waals surface area contributed by atoms with Gasteiger partial charge in [0.15, 0.2) is 5.69 Å². The number of aromatic nitrogens is 1. The molecule has 1 aromatic heterocycles. The maximum atomic E-state index is 12.8. The molecule has 0 bridgehead atoms. The van der Waals surface area contributed by atoms with E-state index in [2.05, 4.69) is 9.72 Å². The lowest BCUT2D eigenvalue weighted by atomic mass is 10.1. The maximum Gasteiger partial charge on any atom is 0.417 e. The summed E-state index contributed by atoms with van der Waals surface area (Å²) in [5.41, 5.74) is -4.36. The summed E-state index contributed by atoms with van der Waals surface area (Å²) in [7, 11) is 0. The fourth-order valence-corrected chi connectivity index (χ4v) is 1.53. The molecule has 1 aromatic rings. The Morgan fingerprint density at radius 2 is 2.05 bits per heavy atom. The second-order valence-electron chi connectivity index (χ2n) is 3.27. The minimum absolute atomic E-state index is 0.197. The van der Waals surface area contributed by atoms with Gasteiger partial charge in [0, 0.05) is 0 Å². The number of esters is 1. The average molecular weight is 304 g/mol. The highest BCUT2D eigenvalue weighted by atomic mass is 35.5. The van der Waals surface area contributed by atoms with Gasteiger partial charge < -0.3 is 4.74 Å². The van der Waals surface area contributed by atoms with Gasteiger partial charge in [-0.25, -0.2) is 18.6 Å². The normalized spacial score (nSPS) is 11.8. The van der Waals surface area contributed by atoms with Gasteiger partial charge in [-0.05, 0) is 13.0 Å². The molecule has 19 heavy (non-hydrogen) atoms. The largest absolute Gasteiger partial charge is 0.461 e. The highest BCUT2D eigenvalue weighted by Crippen LogP contribution is 2.39. The molecule has 1 heterocycles. The Kier molecular flexibility index (Phi) is 4.67. The number of pyridine rings is 1. The Bertz CT molecular complexity index is 490. The van der Waals surface area contributed by atoms with E-state index in [-0.39, 0.29) is 12.7 Å². The Hall–Kier alpha value is -1.44. The summed E-state index contributed by atoms with van der Waals surface area (Å²) in [5, 5.41) is -0.722. The molecule has 0 aliphatic carbocycles. The molecule has 0 N–H and O–H groups in total. The molecule has 0 amide bonds.